The van der Waals surface area contributed by atoms with Gasteiger partial charge in [0, 0.05) is 20.1 Å². The van der Waals surface area contributed by atoms with E-state index in [1.165, 1.54) is 7.11 Å². The highest BCUT2D eigenvalue weighted by atomic mass is 19.4. The average Bonchev–Trinajstić information content (AvgIpc) is 2.73. The zero-order valence-electron chi connectivity index (χ0n) is 9.03. The molecule has 2 aliphatic rings. The van der Waals surface area contributed by atoms with E-state index in [1.54, 1.807) is 0 Å². The van der Waals surface area contributed by atoms with Crippen LogP contribution in [0.1, 0.15) is 6.42 Å². The summed E-state index contributed by atoms with van der Waals surface area (Å²) in [5.41, 5.74) is 0. The number of carbonyl (C=O) groups excluding carboxylic acids is 2. The molecule has 0 N–H and O–H groups in total. The molecule has 2 fully saturated rings. The lowest BCUT2D eigenvalue weighted by Crippen LogP contribution is -2.41. The van der Waals surface area contributed by atoms with Gasteiger partial charge in [-0.1, -0.05) is 0 Å². The summed E-state index contributed by atoms with van der Waals surface area (Å²) in [4.78, 5) is 24.7. The molecule has 0 aliphatic carbocycles. The number of alkyl halides is 3. The van der Waals surface area contributed by atoms with Gasteiger partial charge in [0.2, 0.25) is 0 Å². The number of halogens is 3. The monoisotopic (exact) mass is 252 g/mol. The summed E-state index contributed by atoms with van der Waals surface area (Å²) in [5.74, 6) is -0.785. The van der Waals surface area contributed by atoms with Crippen molar-refractivity contribution in [2.24, 2.45) is 0 Å². The topological polar surface area (TPSA) is 49.9 Å². The third-order valence-corrected chi connectivity index (χ3v) is 2.96. The van der Waals surface area contributed by atoms with Gasteiger partial charge in [-0.3, -0.25) is 9.69 Å². The first kappa shape index (κ1) is 12.2. The molecule has 96 valence electrons. The Morgan fingerprint density at radius 3 is 2.53 bits per heavy atom. The molecule has 2 rings (SSSR count). The van der Waals surface area contributed by atoms with Crippen LogP contribution >= 0.6 is 0 Å². The highest BCUT2D eigenvalue weighted by Crippen LogP contribution is 2.30. The van der Waals surface area contributed by atoms with E-state index in [1.807, 2.05) is 0 Å². The summed E-state index contributed by atoms with van der Waals surface area (Å²) in [7, 11) is 1.44. The Morgan fingerprint density at radius 2 is 2.06 bits per heavy atom. The molecule has 5 nitrogen and oxygen atoms in total. The molecular weight excluding hydrogens is 241 g/mol. The molecule has 2 unspecified atom stereocenters. The second-order valence-electron chi connectivity index (χ2n) is 4.08. The maximum atomic E-state index is 12.2. The second-order valence-corrected chi connectivity index (χ2v) is 4.08. The van der Waals surface area contributed by atoms with Gasteiger partial charge in [-0.25, -0.2) is 4.79 Å². The van der Waals surface area contributed by atoms with E-state index < -0.39 is 30.7 Å². The molecule has 8 heteroatoms. The van der Waals surface area contributed by atoms with E-state index in [2.05, 4.69) is 0 Å². The van der Waals surface area contributed by atoms with Gasteiger partial charge < -0.3 is 9.64 Å². The van der Waals surface area contributed by atoms with Crippen molar-refractivity contribution in [3.8, 4) is 0 Å². The number of methoxy groups -OCH3 is 1. The number of rotatable bonds is 2. The molecule has 3 amide bonds. The molecule has 0 spiro atoms. The molecule has 0 radical (unpaired) electrons. The first-order valence-corrected chi connectivity index (χ1v) is 5.05. The number of amides is 3. The Hall–Kier alpha value is -1.31. The molecule has 17 heavy (non-hydrogen) atoms. The zero-order valence-corrected chi connectivity index (χ0v) is 9.03. The van der Waals surface area contributed by atoms with Crippen molar-refractivity contribution in [3.63, 3.8) is 0 Å². The number of urea groups is 1. The van der Waals surface area contributed by atoms with Crippen LogP contribution in [-0.2, 0) is 9.53 Å². The molecule has 0 bridgehead atoms. The van der Waals surface area contributed by atoms with E-state index in [-0.39, 0.29) is 24.0 Å². The predicted octanol–water partition coefficient (Wildman–Crippen LogP) is 0.600. The van der Waals surface area contributed by atoms with Crippen LogP contribution in [0, 0.1) is 0 Å². The summed E-state index contributed by atoms with van der Waals surface area (Å²) in [5, 5.41) is 0. The number of carbonyl (C=O) groups is 2. The first-order chi connectivity index (χ1) is 7.83. The van der Waals surface area contributed by atoms with Gasteiger partial charge >= 0.3 is 12.2 Å². The van der Waals surface area contributed by atoms with Gasteiger partial charge in [0.05, 0.1) is 6.10 Å². The number of hydrogen-bond donors (Lipinski definition) is 0. The van der Waals surface area contributed by atoms with E-state index in [0.717, 1.165) is 4.90 Å². The lowest BCUT2D eigenvalue weighted by Gasteiger charge is -2.18. The summed E-state index contributed by atoms with van der Waals surface area (Å²) in [6.07, 6.45) is -4.58. The molecule has 0 aromatic rings. The third kappa shape index (κ3) is 2.08. The standard InChI is InChI=1S/C9H11F3N2O3/c1-17-5-2-6-7(15)14(4-9(10,11)12)8(16)13(6)3-5/h5-6H,2-4H2,1H3. The van der Waals surface area contributed by atoms with Gasteiger partial charge in [0.15, 0.2) is 0 Å². The van der Waals surface area contributed by atoms with Crippen molar-refractivity contribution >= 4 is 11.9 Å². The number of hydrogen-bond acceptors (Lipinski definition) is 3. The Balaban J connectivity index is 2.11. The van der Waals surface area contributed by atoms with Crippen LogP contribution in [0.5, 0.6) is 0 Å². The second kappa shape index (κ2) is 3.86. The summed E-state index contributed by atoms with van der Waals surface area (Å²) in [6, 6.07) is -1.67. The molecule has 2 aliphatic heterocycles. The van der Waals surface area contributed by atoms with Gasteiger partial charge in [0.25, 0.3) is 5.91 Å². The van der Waals surface area contributed by atoms with Gasteiger partial charge in [-0.15, -0.1) is 0 Å². The fourth-order valence-electron chi connectivity index (χ4n) is 2.17. The predicted molar refractivity (Wildman–Crippen MR) is 49.1 cm³/mol. The number of ether oxygens (including phenoxy) is 1. The molecule has 0 saturated carbocycles. The summed E-state index contributed by atoms with van der Waals surface area (Å²) >= 11 is 0. The molecular formula is C9H11F3N2O3. The van der Waals surface area contributed by atoms with Crippen LogP contribution in [0.15, 0.2) is 0 Å². The van der Waals surface area contributed by atoms with Gasteiger partial charge in [0.1, 0.15) is 12.6 Å². The Kier molecular flexibility index (Phi) is 2.76. The number of nitrogens with zero attached hydrogens (tertiary/aromatic N) is 2. The number of fused-ring (bicyclic) bond motifs is 1. The fourth-order valence-corrected chi connectivity index (χ4v) is 2.17. The van der Waals surface area contributed by atoms with Gasteiger partial charge in [-0.2, -0.15) is 13.2 Å². The van der Waals surface area contributed by atoms with Crippen LogP contribution in [0.4, 0.5) is 18.0 Å². The molecule has 2 saturated heterocycles. The van der Waals surface area contributed by atoms with Crippen LogP contribution in [0.25, 0.3) is 0 Å². The summed E-state index contributed by atoms with van der Waals surface area (Å²) < 4.78 is 41.5. The maximum Gasteiger partial charge on any atom is 0.406 e. The van der Waals surface area contributed by atoms with Gasteiger partial charge in [-0.05, 0) is 0 Å². The largest absolute Gasteiger partial charge is 0.406 e. The number of imide groups is 1. The van der Waals surface area contributed by atoms with Crippen molar-refractivity contribution in [1.82, 2.24) is 9.80 Å². The van der Waals surface area contributed by atoms with Crippen LogP contribution < -0.4 is 0 Å². The van der Waals surface area contributed by atoms with Crippen molar-refractivity contribution < 1.29 is 27.5 Å². The normalized spacial score (nSPS) is 29.2. The fraction of sp³-hybridized carbons (Fsp3) is 0.778. The minimum absolute atomic E-state index is 0.167. The highest BCUT2D eigenvalue weighted by Gasteiger charge is 2.53. The van der Waals surface area contributed by atoms with Crippen LogP contribution in [0.3, 0.4) is 0 Å². The van der Waals surface area contributed by atoms with Crippen LogP contribution in [-0.4, -0.2) is 60.3 Å². The zero-order chi connectivity index (χ0) is 12.8. The highest BCUT2D eigenvalue weighted by molar-refractivity contribution is 6.04. The van der Waals surface area contributed by atoms with Crippen molar-refractivity contribution in [3.05, 3.63) is 0 Å². The smallest absolute Gasteiger partial charge is 0.380 e. The Morgan fingerprint density at radius 1 is 1.41 bits per heavy atom. The summed E-state index contributed by atoms with van der Waals surface area (Å²) in [6.45, 7) is -1.35. The van der Waals surface area contributed by atoms with Crippen LogP contribution in [0.2, 0.25) is 0 Å². The molecule has 0 aromatic carbocycles. The van der Waals surface area contributed by atoms with Crippen molar-refractivity contribution in [2.75, 3.05) is 20.2 Å². The van der Waals surface area contributed by atoms with E-state index >= 15 is 0 Å². The first-order valence-electron chi connectivity index (χ1n) is 5.05. The molecule has 2 atom stereocenters. The van der Waals surface area contributed by atoms with E-state index in [0.29, 0.717) is 0 Å². The van der Waals surface area contributed by atoms with E-state index in [9.17, 15) is 22.8 Å². The molecule has 2 heterocycles. The Labute approximate surface area is 95.1 Å². The third-order valence-electron chi connectivity index (χ3n) is 2.96. The molecule has 0 aromatic heterocycles. The van der Waals surface area contributed by atoms with E-state index in [4.69, 9.17) is 4.74 Å². The maximum absolute atomic E-state index is 12.2. The van der Waals surface area contributed by atoms with Crippen molar-refractivity contribution in [1.29, 1.82) is 0 Å². The lowest BCUT2D eigenvalue weighted by molar-refractivity contribution is -0.153. The lowest BCUT2D eigenvalue weighted by atomic mass is 10.2. The minimum atomic E-state index is -4.56. The minimum Gasteiger partial charge on any atom is -0.380 e. The van der Waals surface area contributed by atoms with Crippen molar-refractivity contribution in [2.45, 2.75) is 24.7 Å². The quantitative estimate of drug-likeness (QED) is 0.676. The SMILES string of the molecule is COC1CC2C(=O)N(CC(F)(F)F)C(=O)N2C1. The Bertz CT molecular complexity index is 334. The average molecular weight is 252 g/mol.